The predicted molar refractivity (Wildman–Crippen MR) is 135 cm³/mol. The van der Waals surface area contributed by atoms with Gasteiger partial charge >= 0.3 is 6.64 Å². The highest BCUT2D eigenvalue weighted by atomic mass is 32.5. The molecule has 1 saturated heterocycles. The van der Waals surface area contributed by atoms with Gasteiger partial charge in [-0.25, -0.2) is 4.67 Å². The van der Waals surface area contributed by atoms with Gasteiger partial charge in [0.25, 0.3) is 0 Å². The summed E-state index contributed by atoms with van der Waals surface area (Å²) in [4.78, 5) is 0. The minimum absolute atomic E-state index is 0.544. The van der Waals surface area contributed by atoms with E-state index in [-0.39, 0.29) is 0 Å². The molecule has 32 heavy (non-hydrogen) atoms. The van der Waals surface area contributed by atoms with Gasteiger partial charge in [-0.3, -0.25) is 0 Å². The van der Waals surface area contributed by atoms with Crippen LogP contribution in [0.2, 0.25) is 0 Å². The smallest absolute Gasteiger partial charge is 0.367 e. The number of rotatable bonds is 3. The van der Waals surface area contributed by atoms with Gasteiger partial charge in [-0.15, -0.1) is 0 Å². The van der Waals surface area contributed by atoms with Gasteiger partial charge < -0.3 is 14.4 Å². The Kier molecular flexibility index (Phi) is 4.96. The Morgan fingerprint density at radius 2 is 1.44 bits per heavy atom. The first-order chi connectivity index (χ1) is 15.6. The number of nitrogens with zero attached hydrogens (tertiary/aromatic N) is 1. The van der Waals surface area contributed by atoms with E-state index in [1.54, 1.807) is 0 Å². The predicted octanol–water partition coefficient (Wildman–Crippen LogP) is 5.31. The van der Waals surface area contributed by atoms with Crippen molar-refractivity contribution < 1.29 is 14.4 Å². The Bertz CT molecular complexity index is 1290. The molecule has 0 radical (unpaired) electrons. The van der Waals surface area contributed by atoms with Gasteiger partial charge in [0.15, 0.2) is 0 Å². The molecule has 1 fully saturated rings. The van der Waals surface area contributed by atoms with E-state index < -0.39 is 6.64 Å². The Labute approximate surface area is 193 Å². The van der Waals surface area contributed by atoms with Crippen molar-refractivity contribution in [2.45, 2.75) is 18.9 Å². The number of hydrogen-bond donors (Lipinski definition) is 1. The molecule has 0 aromatic heterocycles. The fraction of sp³-hybridized carbons (Fsp3) is 0.231. The van der Waals surface area contributed by atoms with Crippen molar-refractivity contribution in [2.75, 3.05) is 20.1 Å². The summed E-state index contributed by atoms with van der Waals surface area (Å²) in [5.74, 6) is 1.62. The Morgan fingerprint density at radius 3 is 1.97 bits per heavy atom. The van der Waals surface area contributed by atoms with Gasteiger partial charge in [-0.1, -0.05) is 60.7 Å². The summed E-state index contributed by atoms with van der Waals surface area (Å²) in [5.41, 5.74) is 2.14. The van der Waals surface area contributed by atoms with Crippen LogP contribution >= 0.6 is 6.64 Å². The highest BCUT2D eigenvalue weighted by molar-refractivity contribution is 8.09. The van der Waals surface area contributed by atoms with Crippen LogP contribution in [0.15, 0.2) is 72.8 Å². The van der Waals surface area contributed by atoms with Gasteiger partial charge in [0.05, 0.1) is 19.1 Å². The van der Waals surface area contributed by atoms with Gasteiger partial charge in [-0.05, 0) is 40.7 Å². The monoisotopic (exact) mass is 461 g/mol. The Morgan fingerprint density at radius 1 is 0.875 bits per heavy atom. The third-order valence-electron chi connectivity index (χ3n) is 6.65. The zero-order chi connectivity index (χ0) is 21.7. The zero-order valence-corrected chi connectivity index (χ0v) is 19.7. The summed E-state index contributed by atoms with van der Waals surface area (Å²) in [6.45, 7) is -0.723. The van der Waals surface area contributed by atoms with E-state index in [0.29, 0.717) is 6.04 Å². The van der Waals surface area contributed by atoms with E-state index in [4.69, 9.17) is 20.9 Å². The second kappa shape index (κ2) is 7.86. The molecule has 2 aliphatic rings. The fourth-order valence-corrected chi connectivity index (χ4v) is 7.24. The molecule has 4 aromatic carbocycles. The molecule has 162 valence electrons. The van der Waals surface area contributed by atoms with Crippen LogP contribution in [0.3, 0.4) is 0 Å². The van der Waals surface area contributed by atoms with E-state index in [0.717, 1.165) is 39.9 Å². The molecule has 0 unspecified atom stereocenters. The summed E-state index contributed by atoms with van der Waals surface area (Å²) in [6, 6.07) is 25.8. The molecule has 0 aliphatic carbocycles. The summed E-state index contributed by atoms with van der Waals surface area (Å²) in [6.07, 6.45) is 2.47. The van der Waals surface area contributed by atoms with Gasteiger partial charge in [0, 0.05) is 35.8 Å². The highest BCUT2D eigenvalue weighted by Gasteiger charge is 2.37. The number of hydrogen-bond acceptors (Lipinski definition) is 3. The van der Waals surface area contributed by atoms with Crippen molar-refractivity contribution in [2.24, 2.45) is 0 Å². The molecule has 4 aromatic rings. The lowest BCUT2D eigenvalue weighted by Crippen LogP contribution is -2.88. The van der Waals surface area contributed by atoms with Gasteiger partial charge in [0.2, 0.25) is 0 Å². The minimum Gasteiger partial charge on any atom is -0.424 e. The van der Waals surface area contributed by atoms with Crippen molar-refractivity contribution in [3.05, 3.63) is 72.8 Å². The van der Waals surface area contributed by atoms with Gasteiger partial charge in [0.1, 0.15) is 11.5 Å². The minimum atomic E-state index is -2.77. The van der Waals surface area contributed by atoms with Crippen LogP contribution in [0.25, 0.3) is 32.7 Å². The average molecular weight is 462 g/mol. The molecular formula is C26H26N2O2PS+. The lowest BCUT2D eigenvalue weighted by atomic mass is 9.92. The quantitative estimate of drug-likeness (QED) is 0.420. The Balaban J connectivity index is 1.59. The highest BCUT2D eigenvalue weighted by Crippen LogP contribution is 2.60. The summed E-state index contributed by atoms with van der Waals surface area (Å²) in [5, 5.41) is 7.08. The molecule has 6 heteroatoms. The molecule has 2 N–H and O–H groups in total. The summed E-state index contributed by atoms with van der Waals surface area (Å²) < 4.78 is 15.5. The van der Waals surface area contributed by atoms with Crippen molar-refractivity contribution in [3.8, 4) is 22.6 Å². The van der Waals surface area contributed by atoms with Crippen molar-refractivity contribution in [1.82, 2.24) is 4.67 Å². The first-order valence-electron chi connectivity index (χ1n) is 11.2. The fourth-order valence-electron chi connectivity index (χ4n) is 5.03. The van der Waals surface area contributed by atoms with E-state index in [1.165, 1.54) is 30.2 Å². The van der Waals surface area contributed by atoms with E-state index in [1.807, 2.05) is 0 Å². The number of quaternary nitrogens is 1. The molecule has 0 saturated carbocycles. The molecule has 0 amide bonds. The van der Waals surface area contributed by atoms with E-state index in [2.05, 4.69) is 89.8 Å². The largest absolute Gasteiger partial charge is 0.424 e. The molecule has 6 rings (SSSR count). The topological polar surface area (TPSA) is 38.3 Å². The van der Waals surface area contributed by atoms with Crippen molar-refractivity contribution >= 4 is 40.0 Å². The van der Waals surface area contributed by atoms with E-state index in [9.17, 15) is 0 Å². The first-order valence-corrected chi connectivity index (χ1v) is 13.8. The van der Waals surface area contributed by atoms with Crippen LogP contribution in [0, 0.1) is 0 Å². The maximum absolute atomic E-state index is 6.67. The second-order valence-electron chi connectivity index (χ2n) is 8.74. The average Bonchev–Trinajstić information content (AvgIpc) is 3.27. The van der Waals surface area contributed by atoms with Gasteiger partial charge in [-0.2, -0.15) is 0 Å². The molecule has 2 heterocycles. The lowest BCUT2D eigenvalue weighted by molar-refractivity contribution is -0.669. The lowest BCUT2D eigenvalue weighted by Gasteiger charge is -2.30. The van der Waals surface area contributed by atoms with Crippen LogP contribution in [-0.4, -0.2) is 30.8 Å². The van der Waals surface area contributed by atoms with Crippen LogP contribution in [0.4, 0.5) is 0 Å². The molecule has 0 bridgehead atoms. The standard InChI is InChI=1S/C26H25N2O2PS/c1-28(17-20-9-6-16-27-20)31(32)29-23-14-12-18-7-2-4-10-21(18)25(23)26-22-11-5-3-8-19(22)13-15-24(26)30-31/h2-5,7-8,10-15,20,27H,6,9,16-17H2,1H3/p+1/t20-/m0/s1. The van der Waals surface area contributed by atoms with Crippen molar-refractivity contribution in [3.63, 3.8) is 0 Å². The van der Waals surface area contributed by atoms with Crippen LogP contribution in [0.1, 0.15) is 12.8 Å². The van der Waals surface area contributed by atoms with Crippen molar-refractivity contribution in [1.29, 1.82) is 0 Å². The maximum Gasteiger partial charge on any atom is 0.367 e. The SMILES string of the molecule is CN(C[C@@H]1CCC[NH2+]1)P1(=S)Oc2ccc3ccccc3c2-c2c(ccc3ccccc23)O1. The van der Waals surface area contributed by atoms with Crippen LogP contribution in [0.5, 0.6) is 11.5 Å². The first kappa shape index (κ1) is 20.2. The molecule has 2 aliphatic heterocycles. The second-order valence-corrected chi connectivity index (χ2v) is 12.1. The normalized spacial score (nSPS) is 19.2. The number of fused-ring (bicyclic) bond motifs is 7. The Hall–Kier alpha value is -2.43. The van der Waals surface area contributed by atoms with E-state index >= 15 is 0 Å². The number of nitrogens with two attached hydrogens (primary N) is 1. The maximum atomic E-state index is 6.67. The number of benzene rings is 4. The number of likely N-dealkylation sites (N-methyl/N-ethyl adjacent to an activating group) is 1. The molecule has 0 spiro atoms. The molecular weight excluding hydrogens is 435 g/mol. The molecule has 1 atom stereocenters. The summed E-state index contributed by atoms with van der Waals surface area (Å²) in [7, 11) is 2.06. The van der Waals surface area contributed by atoms with Crippen LogP contribution < -0.4 is 14.4 Å². The third-order valence-corrected chi connectivity index (χ3v) is 9.79. The summed E-state index contributed by atoms with van der Waals surface area (Å²) >= 11 is 6.17. The zero-order valence-electron chi connectivity index (χ0n) is 18.0. The third kappa shape index (κ3) is 3.32. The molecule has 4 nitrogen and oxygen atoms in total. The van der Waals surface area contributed by atoms with Crippen LogP contribution in [-0.2, 0) is 11.8 Å².